The van der Waals surface area contributed by atoms with Gasteiger partial charge < -0.3 is 4.74 Å². The maximum absolute atomic E-state index is 14.6. The highest BCUT2D eigenvalue weighted by atomic mass is 19.4. The largest absolute Gasteiger partial charge is 0.442 e. The number of nitrogens with zero attached hydrogens (tertiary/aromatic N) is 1. The van der Waals surface area contributed by atoms with Crippen molar-refractivity contribution >= 4 is 0 Å². The minimum absolute atomic E-state index is 0.0270. The lowest BCUT2D eigenvalue weighted by Crippen LogP contribution is -2.67. The first-order chi connectivity index (χ1) is 14.2. The first-order valence-electron chi connectivity index (χ1n) is 9.57. The van der Waals surface area contributed by atoms with E-state index in [2.05, 4.69) is 10.5 Å². The van der Waals surface area contributed by atoms with E-state index in [9.17, 15) is 52.7 Å². The lowest BCUT2D eigenvalue weighted by Gasteiger charge is -2.39. The fraction of sp³-hybridized carbons (Fsp3) is 1.00. The van der Waals surface area contributed by atoms with E-state index in [1.807, 2.05) is 0 Å². The monoisotopic (exact) mass is 500 g/mol. The van der Waals surface area contributed by atoms with Crippen molar-refractivity contribution in [2.75, 3.05) is 13.1 Å². The van der Waals surface area contributed by atoms with Gasteiger partial charge in [0.25, 0.3) is 0 Å². The molecule has 0 aromatic rings. The predicted molar refractivity (Wildman–Crippen MR) is 88.5 cm³/mol. The minimum atomic E-state index is -6.28. The van der Waals surface area contributed by atoms with Crippen LogP contribution in [0.4, 0.5) is 52.7 Å². The molecule has 1 saturated heterocycles. The van der Waals surface area contributed by atoms with Crippen LogP contribution in [0.1, 0.15) is 39.5 Å². The molecule has 0 bridgehead atoms. The van der Waals surface area contributed by atoms with Crippen molar-refractivity contribution in [3.8, 4) is 0 Å². The molecule has 0 saturated carbocycles. The third-order valence-corrected chi connectivity index (χ3v) is 5.47. The van der Waals surface area contributed by atoms with Gasteiger partial charge in [-0.3, -0.25) is 10.6 Å². The third-order valence-electron chi connectivity index (χ3n) is 5.47. The Balaban J connectivity index is 2.94. The summed E-state index contributed by atoms with van der Waals surface area (Å²) in [6.07, 6.45) is -21.2. The molecule has 1 rings (SSSR count). The Morgan fingerprint density at radius 3 is 1.81 bits per heavy atom. The van der Waals surface area contributed by atoms with Crippen molar-refractivity contribution < 1.29 is 57.4 Å². The number of hydrogen-bond donors (Lipinski definition) is 1. The topological polar surface area (TPSA) is 38.5 Å². The number of hydrogen-bond acceptors (Lipinski definition) is 3. The Morgan fingerprint density at radius 2 is 1.34 bits per heavy atom. The normalized spacial score (nSPS) is 25.4. The van der Waals surface area contributed by atoms with Crippen LogP contribution < -0.4 is 5.73 Å². The fourth-order valence-corrected chi connectivity index (χ4v) is 3.24. The van der Waals surface area contributed by atoms with Gasteiger partial charge in [-0.25, -0.2) is 8.78 Å². The Labute approximate surface area is 176 Å². The van der Waals surface area contributed by atoms with Crippen LogP contribution in [0.3, 0.4) is 0 Å². The van der Waals surface area contributed by atoms with Crippen LogP contribution in [0.5, 0.6) is 0 Å². The predicted octanol–water partition coefficient (Wildman–Crippen LogP) is 5.59. The Bertz CT molecular complexity index is 607. The zero-order valence-corrected chi connectivity index (χ0v) is 17.0. The van der Waals surface area contributed by atoms with Gasteiger partial charge in [0.15, 0.2) is 0 Å². The fourth-order valence-electron chi connectivity index (χ4n) is 3.24. The van der Waals surface area contributed by atoms with Crippen molar-refractivity contribution in [1.82, 2.24) is 4.90 Å². The molecule has 3 nitrogen and oxygen atoms in total. The van der Waals surface area contributed by atoms with Crippen molar-refractivity contribution in [3.63, 3.8) is 0 Å². The second kappa shape index (κ2) is 9.72. The first kappa shape index (κ1) is 29.1. The van der Waals surface area contributed by atoms with E-state index >= 15 is 0 Å². The number of alkyl halides is 12. The number of rotatable bonds is 7. The molecular formula is C17H24F12N2O. The van der Waals surface area contributed by atoms with E-state index in [-0.39, 0.29) is 32.7 Å². The summed E-state index contributed by atoms with van der Waals surface area (Å²) in [5, 5.41) is 0. The smallest absolute Gasteiger partial charge is 0.363 e. The highest BCUT2D eigenvalue weighted by Gasteiger charge is 2.71. The van der Waals surface area contributed by atoms with Crippen LogP contribution in [-0.2, 0) is 4.74 Å². The van der Waals surface area contributed by atoms with Gasteiger partial charge in [0, 0.05) is 13.1 Å². The molecule has 0 amide bonds. The summed E-state index contributed by atoms with van der Waals surface area (Å²) in [5.41, 5.74) is 4.03. The molecule has 0 aliphatic carbocycles. The second-order valence-corrected chi connectivity index (χ2v) is 7.82. The summed E-state index contributed by atoms with van der Waals surface area (Å²) in [5.74, 6) is -17.6. The van der Waals surface area contributed by atoms with Crippen molar-refractivity contribution in [2.24, 2.45) is 11.7 Å². The molecule has 0 radical (unpaired) electrons. The molecule has 32 heavy (non-hydrogen) atoms. The second-order valence-electron chi connectivity index (χ2n) is 7.82. The average Bonchev–Trinajstić information content (AvgIpc) is 2.58. The lowest BCUT2D eigenvalue weighted by atomic mass is 9.95. The van der Waals surface area contributed by atoms with Crippen molar-refractivity contribution in [1.29, 1.82) is 0 Å². The molecule has 1 aliphatic rings. The van der Waals surface area contributed by atoms with Crippen LogP contribution in [0, 0.1) is 5.92 Å². The summed E-state index contributed by atoms with van der Waals surface area (Å²) >= 11 is 0. The van der Waals surface area contributed by atoms with Crippen LogP contribution in [0.2, 0.25) is 0 Å². The number of likely N-dealkylation sites (tertiary alicyclic amines) is 1. The Kier molecular flexibility index (Phi) is 8.83. The molecule has 1 heterocycles. The first-order valence-corrected chi connectivity index (χ1v) is 9.57. The van der Waals surface area contributed by atoms with Crippen LogP contribution >= 0.6 is 0 Å². The van der Waals surface area contributed by atoms with Gasteiger partial charge in [-0.1, -0.05) is 6.42 Å². The van der Waals surface area contributed by atoms with Crippen LogP contribution in [0.25, 0.3) is 0 Å². The quantitative estimate of drug-likeness (QED) is 0.366. The molecule has 0 aromatic heterocycles. The SMILES string of the molecule is CC(OC(C)C(F)(F)C(N)(F)C(F)(F)F)C(F)(F)C(F)N1CCCCC(C(F)(F)F)CC1. The van der Waals surface area contributed by atoms with E-state index in [1.165, 1.54) is 0 Å². The van der Waals surface area contributed by atoms with Gasteiger partial charge in [-0.05, 0) is 33.1 Å². The summed E-state index contributed by atoms with van der Waals surface area (Å²) in [6.45, 7) is -0.587. The maximum atomic E-state index is 14.6. The molecule has 0 aromatic carbocycles. The van der Waals surface area contributed by atoms with Gasteiger partial charge in [-0.2, -0.15) is 43.9 Å². The Hall–Kier alpha value is -0.960. The standard InChI is InChI=1S/C17H24F12N2O/c1-9(32-10(2)14(21,22)16(26,30)17(27,28)29)13(19,20)12(18)31-7-4-3-5-11(6-8-31)15(23,24)25/h9-12H,3-8,30H2,1-2H3. The third kappa shape index (κ3) is 6.13. The summed E-state index contributed by atoms with van der Waals surface area (Å²) < 4.78 is 165. The number of halogens is 12. The van der Waals surface area contributed by atoms with E-state index < -0.39 is 67.4 Å². The van der Waals surface area contributed by atoms with Crippen LogP contribution in [-0.4, -0.2) is 66.5 Å². The van der Waals surface area contributed by atoms with Gasteiger partial charge in [-0.15, -0.1) is 0 Å². The highest BCUT2D eigenvalue weighted by molar-refractivity contribution is 4.99. The summed E-state index contributed by atoms with van der Waals surface area (Å²) in [4.78, 5) is 0.388. The molecule has 192 valence electrons. The number of ether oxygens (including phenoxy) is 1. The van der Waals surface area contributed by atoms with Gasteiger partial charge in [0.1, 0.15) is 12.2 Å². The lowest BCUT2D eigenvalue weighted by molar-refractivity contribution is -0.332. The van der Waals surface area contributed by atoms with E-state index in [0.717, 1.165) is 0 Å². The minimum Gasteiger partial charge on any atom is -0.363 e. The molecule has 5 atom stereocenters. The zero-order chi connectivity index (χ0) is 25.3. The molecule has 0 spiro atoms. The summed E-state index contributed by atoms with van der Waals surface area (Å²) in [7, 11) is 0. The highest BCUT2D eigenvalue weighted by Crippen LogP contribution is 2.45. The average molecular weight is 500 g/mol. The van der Waals surface area contributed by atoms with Crippen LogP contribution in [0.15, 0.2) is 0 Å². The van der Waals surface area contributed by atoms with Crippen molar-refractivity contribution in [3.05, 3.63) is 0 Å². The maximum Gasteiger partial charge on any atom is 0.442 e. The van der Waals surface area contributed by atoms with Gasteiger partial charge in [0.05, 0.1) is 5.92 Å². The Morgan fingerprint density at radius 1 is 0.812 bits per heavy atom. The number of nitrogens with two attached hydrogens (primary N) is 1. The van der Waals surface area contributed by atoms with Gasteiger partial charge in [0.2, 0.25) is 6.30 Å². The van der Waals surface area contributed by atoms with E-state index in [0.29, 0.717) is 11.8 Å². The molecule has 2 N–H and O–H groups in total. The summed E-state index contributed by atoms with van der Waals surface area (Å²) in [6, 6.07) is 0. The molecule has 1 aliphatic heterocycles. The molecule has 15 heteroatoms. The molecule has 1 fully saturated rings. The van der Waals surface area contributed by atoms with Crippen molar-refractivity contribution in [2.45, 2.75) is 88.0 Å². The van der Waals surface area contributed by atoms with E-state index in [4.69, 9.17) is 0 Å². The molecule has 5 unspecified atom stereocenters. The van der Waals surface area contributed by atoms with E-state index in [1.54, 1.807) is 0 Å². The molecular weight excluding hydrogens is 476 g/mol. The van der Waals surface area contributed by atoms with Gasteiger partial charge >= 0.3 is 30.0 Å². The zero-order valence-electron chi connectivity index (χ0n) is 17.0.